The molecule has 2 fully saturated rings. The number of piperidine rings is 1. The second-order valence-corrected chi connectivity index (χ2v) is 15.5. The fraction of sp³-hybridized carbons (Fsp3) is 0.387. The van der Waals surface area contributed by atoms with Crippen LogP contribution in [0.25, 0.3) is 0 Å². The van der Waals surface area contributed by atoms with Crippen molar-refractivity contribution in [2.75, 3.05) is 10.5 Å². The van der Waals surface area contributed by atoms with Gasteiger partial charge in [0.1, 0.15) is 5.82 Å². The van der Waals surface area contributed by atoms with E-state index in [1.165, 1.54) is 36.4 Å². The van der Waals surface area contributed by atoms with E-state index >= 15 is 0 Å². The molecule has 0 spiro atoms. The van der Waals surface area contributed by atoms with Gasteiger partial charge in [0.05, 0.1) is 21.2 Å². The van der Waals surface area contributed by atoms with Crippen LogP contribution in [0, 0.1) is 30.3 Å². The van der Waals surface area contributed by atoms with Crippen LogP contribution < -0.4 is 10.5 Å². The van der Waals surface area contributed by atoms with Gasteiger partial charge in [0.25, 0.3) is 10.0 Å². The highest BCUT2D eigenvalue weighted by atomic mass is 32.2. The summed E-state index contributed by atoms with van der Waals surface area (Å²) < 4.78 is 95.4. The monoisotopic (exact) mass is 649 g/mol. The highest BCUT2D eigenvalue weighted by molar-refractivity contribution is 7.92. The highest BCUT2D eigenvalue weighted by Gasteiger charge is 2.44. The number of fused-ring (bicyclic) bond motifs is 2. The Hall–Kier alpha value is -3.42. The van der Waals surface area contributed by atoms with Crippen LogP contribution in [0.2, 0.25) is 0 Å². The summed E-state index contributed by atoms with van der Waals surface area (Å²) in [6.45, 7) is 1.83. The van der Waals surface area contributed by atoms with Gasteiger partial charge in [-0.15, -0.1) is 0 Å². The first-order valence-electron chi connectivity index (χ1n) is 14.4. The molecule has 44 heavy (non-hydrogen) atoms. The summed E-state index contributed by atoms with van der Waals surface area (Å²) >= 11 is 0. The Morgan fingerprint density at radius 2 is 1.55 bits per heavy atom. The number of carbonyl (C=O) groups is 1. The fourth-order valence-corrected chi connectivity index (χ4v) is 8.59. The predicted octanol–water partition coefficient (Wildman–Crippen LogP) is 4.72. The summed E-state index contributed by atoms with van der Waals surface area (Å²) in [4.78, 5) is 14.9. The van der Waals surface area contributed by atoms with Gasteiger partial charge in [0.15, 0.2) is 21.5 Å². The standard InChI is InChI=1S/C31H34F3N3O5S2/c1-19-5-9-25(10-6-19)44(41,42)36-22-3-2-4-26(17-22)43(39,40)12-11-31(38)37-23-7-8-24(37)14-21(13-23)30(35)16-20-15-28(33)29(34)18-27(20)32/h2-6,9-10,15,17-18,21,23-24,30,36H,7-8,11-14,16,35H2,1H3/t21-,23+,24-,30-/m1/s1. The van der Waals surface area contributed by atoms with Crippen molar-refractivity contribution in [3.8, 4) is 0 Å². The first-order valence-corrected chi connectivity index (χ1v) is 17.5. The number of amides is 1. The highest BCUT2D eigenvalue weighted by Crippen LogP contribution is 2.40. The van der Waals surface area contributed by atoms with Crippen molar-refractivity contribution in [3.63, 3.8) is 0 Å². The Kier molecular flexibility index (Phi) is 9.11. The van der Waals surface area contributed by atoms with Crippen molar-refractivity contribution in [1.82, 2.24) is 4.90 Å². The maximum absolute atomic E-state index is 14.2. The van der Waals surface area contributed by atoms with Crippen molar-refractivity contribution in [2.24, 2.45) is 11.7 Å². The Balaban J connectivity index is 1.19. The van der Waals surface area contributed by atoms with Gasteiger partial charge in [-0.25, -0.2) is 30.0 Å². The first-order chi connectivity index (χ1) is 20.7. The molecule has 8 nitrogen and oxygen atoms in total. The third-order valence-electron chi connectivity index (χ3n) is 8.57. The third-order valence-corrected chi connectivity index (χ3v) is 11.7. The van der Waals surface area contributed by atoms with Crippen LogP contribution in [0.15, 0.2) is 70.5 Å². The van der Waals surface area contributed by atoms with E-state index in [4.69, 9.17) is 5.73 Å². The van der Waals surface area contributed by atoms with Crippen LogP contribution in [0.3, 0.4) is 0 Å². The van der Waals surface area contributed by atoms with Crippen LogP contribution in [0.4, 0.5) is 18.9 Å². The maximum Gasteiger partial charge on any atom is 0.261 e. The zero-order valence-corrected chi connectivity index (χ0v) is 25.7. The van der Waals surface area contributed by atoms with Gasteiger partial charge >= 0.3 is 0 Å². The number of halogens is 3. The molecule has 5 rings (SSSR count). The van der Waals surface area contributed by atoms with Crippen molar-refractivity contribution in [2.45, 2.75) is 73.4 Å². The number of anilines is 1. The lowest BCUT2D eigenvalue weighted by Crippen LogP contribution is -2.50. The largest absolute Gasteiger partial charge is 0.337 e. The number of sulfone groups is 1. The third kappa shape index (κ3) is 6.94. The van der Waals surface area contributed by atoms with Gasteiger partial charge in [0.2, 0.25) is 5.91 Å². The number of aryl methyl sites for hydroxylation is 1. The van der Waals surface area contributed by atoms with Gasteiger partial charge in [0, 0.05) is 30.6 Å². The molecule has 4 atom stereocenters. The van der Waals surface area contributed by atoms with E-state index < -0.39 is 49.1 Å². The van der Waals surface area contributed by atoms with Gasteiger partial charge in [-0.05, 0) is 86.9 Å². The molecule has 0 saturated carbocycles. The van der Waals surface area contributed by atoms with E-state index in [0.717, 1.165) is 24.5 Å². The second kappa shape index (κ2) is 12.5. The number of rotatable bonds is 10. The van der Waals surface area contributed by atoms with Crippen LogP contribution in [-0.2, 0) is 31.1 Å². The lowest BCUT2D eigenvalue weighted by Gasteiger charge is -2.41. The molecule has 2 aliphatic rings. The van der Waals surface area contributed by atoms with Crippen LogP contribution >= 0.6 is 0 Å². The molecule has 236 valence electrons. The Bertz CT molecular complexity index is 1750. The zero-order chi connectivity index (χ0) is 31.8. The first kappa shape index (κ1) is 32.0. The molecule has 0 radical (unpaired) electrons. The summed E-state index contributed by atoms with van der Waals surface area (Å²) in [5.41, 5.74) is 7.35. The molecular formula is C31H34F3N3O5S2. The van der Waals surface area contributed by atoms with Crippen molar-refractivity contribution < 1.29 is 34.8 Å². The molecule has 2 aliphatic heterocycles. The van der Waals surface area contributed by atoms with Crippen molar-refractivity contribution in [3.05, 3.63) is 89.2 Å². The summed E-state index contributed by atoms with van der Waals surface area (Å²) in [7, 11) is -7.86. The Morgan fingerprint density at radius 1 is 0.909 bits per heavy atom. The number of sulfonamides is 1. The number of carbonyl (C=O) groups excluding carboxylic acids is 1. The minimum absolute atomic E-state index is 0.000484. The normalized spacial score (nSPS) is 20.8. The second-order valence-electron chi connectivity index (χ2n) is 11.7. The topological polar surface area (TPSA) is 127 Å². The average molecular weight is 650 g/mol. The fourth-order valence-electron chi connectivity index (χ4n) is 6.27. The molecule has 0 unspecified atom stereocenters. The smallest absolute Gasteiger partial charge is 0.261 e. The molecule has 2 bridgehead atoms. The van der Waals surface area contributed by atoms with Crippen LogP contribution in [-0.4, -0.2) is 51.5 Å². The molecule has 0 aromatic heterocycles. The maximum atomic E-state index is 14.2. The molecule has 3 N–H and O–H groups in total. The lowest BCUT2D eigenvalue weighted by atomic mass is 9.82. The molecule has 13 heteroatoms. The van der Waals surface area contributed by atoms with Crippen molar-refractivity contribution in [1.29, 1.82) is 0 Å². The average Bonchev–Trinajstić information content (AvgIpc) is 3.23. The van der Waals surface area contributed by atoms with Crippen molar-refractivity contribution >= 4 is 31.5 Å². The number of nitrogens with two attached hydrogens (primary N) is 1. The molecule has 2 heterocycles. The molecule has 3 aromatic rings. The number of nitrogens with one attached hydrogen (secondary N) is 1. The number of hydrogen-bond donors (Lipinski definition) is 2. The molecule has 1 amide bonds. The number of hydrogen-bond acceptors (Lipinski definition) is 6. The number of nitrogens with zero attached hydrogens (tertiary/aromatic N) is 1. The summed E-state index contributed by atoms with van der Waals surface area (Å²) in [6.07, 6.45) is 2.34. The summed E-state index contributed by atoms with van der Waals surface area (Å²) in [5.74, 6) is -4.07. The van der Waals surface area contributed by atoms with Gasteiger partial charge < -0.3 is 10.6 Å². The zero-order valence-electron chi connectivity index (χ0n) is 24.0. The van der Waals surface area contributed by atoms with Gasteiger partial charge in [-0.2, -0.15) is 0 Å². The van der Waals surface area contributed by atoms with E-state index in [9.17, 15) is 34.8 Å². The van der Waals surface area contributed by atoms with E-state index in [-0.39, 0.29) is 57.8 Å². The van der Waals surface area contributed by atoms with E-state index in [1.807, 2.05) is 6.92 Å². The molecule has 0 aliphatic carbocycles. The van der Waals surface area contributed by atoms with E-state index in [2.05, 4.69) is 4.72 Å². The van der Waals surface area contributed by atoms with Crippen LogP contribution in [0.1, 0.15) is 43.2 Å². The Morgan fingerprint density at radius 3 is 2.20 bits per heavy atom. The van der Waals surface area contributed by atoms with E-state index in [1.54, 1.807) is 17.0 Å². The molecule has 3 aromatic carbocycles. The lowest BCUT2D eigenvalue weighted by molar-refractivity contribution is -0.136. The molecule has 2 saturated heterocycles. The molecular weight excluding hydrogens is 615 g/mol. The predicted molar refractivity (Wildman–Crippen MR) is 159 cm³/mol. The summed E-state index contributed by atoms with van der Waals surface area (Å²) in [6, 6.07) is 12.2. The number of benzene rings is 3. The van der Waals surface area contributed by atoms with Crippen LogP contribution in [0.5, 0.6) is 0 Å². The van der Waals surface area contributed by atoms with E-state index in [0.29, 0.717) is 18.9 Å². The van der Waals surface area contributed by atoms with Gasteiger partial charge in [-0.1, -0.05) is 23.8 Å². The van der Waals surface area contributed by atoms with Gasteiger partial charge in [-0.3, -0.25) is 9.52 Å². The Labute approximate surface area is 255 Å². The minimum Gasteiger partial charge on any atom is -0.337 e. The minimum atomic E-state index is -3.94. The quantitative estimate of drug-likeness (QED) is 0.306. The summed E-state index contributed by atoms with van der Waals surface area (Å²) in [5, 5.41) is 0. The SMILES string of the molecule is Cc1ccc(S(=O)(=O)Nc2cccc(S(=O)(=O)CCC(=O)N3[C@@H]4CC[C@H]3C[C@@H]([C@H](N)Cc3cc(F)c(F)cc3F)C4)c2)cc1.